The first-order valence-electron chi connectivity index (χ1n) is 7.89. The van der Waals surface area contributed by atoms with Crippen LogP contribution in [-0.2, 0) is 4.74 Å². The molecule has 1 saturated carbocycles. The minimum atomic E-state index is -0.453. The van der Waals surface area contributed by atoms with Crippen LogP contribution in [0.1, 0.15) is 55.9 Å². The smallest absolute Gasteiger partial charge is 0.360 e. The molecule has 21 heavy (non-hydrogen) atoms. The summed E-state index contributed by atoms with van der Waals surface area (Å²) in [4.78, 5) is 15.5. The molecule has 0 unspecified atom stereocenters. The summed E-state index contributed by atoms with van der Waals surface area (Å²) in [7, 11) is 0. The van der Waals surface area contributed by atoms with Crippen LogP contribution in [-0.4, -0.2) is 36.7 Å². The second kappa shape index (κ2) is 8.67. The van der Waals surface area contributed by atoms with Crippen molar-refractivity contribution in [2.75, 3.05) is 25.0 Å². The maximum absolute atomic E-state index is 11.4. The van der Waals surface area contributed by atoms with Crippen LogP contribution in [0.3, 0.4) is 0 Å². The summed E-state index contributed by atoms with van der Waals surface area (Å²) in [6, 6.07) is 0.995. The van der Waals surface area contributed by atoms with Gasteiger partial charge in [-0.2, -0.15) is 4.98 Å². The van der Waals surface area contributed by atoms with Gasteiger partial charge in [0.15, 0.2) is 5.69 Å². The van der Waals surface area contributed by atoms with Crippen molar-refractivity contribution in [1.29, 1.82) is 0 Å². The topological polar surface area (TPSA) is 76.4 Å². The van der Waals surface area contributed by atoms with Gasteiger partial charge in [0.2, 0.25) is 0 Å². The van der Waals surface area contributed by atoms with Crippen molar-refractivity contribution >= 4 is 12.0 Å². The van der Waals surface area contributed by atoms with Gasteiger partial charge in [0.1, 0.15) is 6.26 Å². The molecule has 0 radical (unpaired) electrons. The van der Waals surface area contributed by atoms with Crippen molar-refractivity contribution in [2.45, 2.75) is 51.5 Å². The number of hydrogen-bond acceptors (Lipinski definition) is 6. The molecule has 2 N–H and O–H groups in total. The van der Waals surface area contributed by atoms with E-state index < -0.39 is 5.97 Å². The first-order valence-corrected chi connectivity index (χ1v) is 7.89. The molecule has 1 aliphatic rings. The lowest BCUT2D eigenvalue weighted by molar-refractivity contribution is 0.0519. The van der Waals surface area contributed by atoms with Crippen molar-refractivity contribution in [3.63, 3.8) is 0 Å². The Balaban J connectivity index is 1.65. The van der Waals surface area contributed by atoms with E-state index in [0.717, 1.165) is 13.1 Å². The molecular formula is C15H25N3O3. The van der Waals surface area contributed by atoms with Crippen molar-refractivity contribution in [3.8, 4) is 0 Å². The number of rotatable bonds is 7. The van der Waals surface area contributed by atoms with Gasteiger partial charge in [0.05, 0.1) is 6.61 Å². The van der Waals surface area contributed by atoms with E-state index in [1.807, 2.05) is 0 Å². The maximum atomic E-state index is 11.4. The van der Waals surface area contributed by atoms with E-state index in [2.05, 4.69) is 15.6 Å². The minimum Gasteiger partial charge on any atom is -0.461 e. The molecule has 6 heteroatoms. The highest BCUT2D eigenvalue weighted by atomic mass is 16.5. The van der Waals surface area contributed by atoms with Crippen LogP contribution >= 0.6 is 0 Å². The summed E-state index contributed by atoms with van der Waals surface area (Å²) in [5.41, 5.74) is 0.205. The number of carbonyl (C=O) groups excluding carboxylic acids is 1. The van der Waals surface area contributed by atoms with E-state index in [1.54, 1.807) is 6.92 Å². The summed E-state index contributed by atoms with van der Waals surface area (Å²) in [5, 5.41) is 6.63. The molecule has 1 aromatic rings. The van der Waals surface area contributed by atoms with Crippen LogP contribution < -0.4 is 10.6 Å². The molecule has 1 fully saturated rings. The maximum Gasteiger partial charge on any atom is 0.360 e. The average molecular weight is 295 g/mol. The van der Waals surface area contributed by atoms with Gasteiger partial charge in [0, 0.05) is 19.1 Å². The fraction of sp³-hybridized carbons (Fsp3) is 0.733. The second-order valence-corrected chi connectivity index (χ2v) is 5.33. The van der Waals surface area contributed by atoms with Gasteiger partial charge in [-0.3, -0.25) is 0 Å². The molecule has 0 saturated heterocycles. The molecule has 1 heterocycles. The Morgan fingerprint density at radius 3 is 2.81 bits per heavy atom. The van der Waals surface area contributed by atoms with Gasteiger partial charge in [-0.25, -0.2) is 4.79 Å². The van der Waals surface area contributed by atoms with Crippen molar-refractivity contribution in [1.82, 2.24) is 10.3 Å². The lowest BCUT2D eigenvalue weighted by atomic mass is 10.1. The lowest BCUT2D eigenvalue weighted by Crippen LogP contribution is -2.32. The number of carbonyl (C=O) groups is 1. The lowest BCUT2D eigenvalue weighted by Gasteiger charge is -2.15. The van der Waals surface area contributed by atoms with Gasteiger partial charge in [-0.1, -0.05) is 25.7 Å². The molecule has 1 aromatic heterocycles. The van der Waals surface area contributed by atoms with Crippen molar-refractivity contribution in [3.05, 3.63) is 12.0 Å². The monoisotopic (exact) mass is 295 g/mol. The summed E-state index contributed by atoms with van der Waals surface area (Å²) in [5.74, 6) is -0.453. The third-order valence-corrected chi connectivity index (χ3v) is 3.68. The first-order chi connectivity index (χ1) is 10.3. The Morgan fingerprint density at radius 2 is 2.10 bits per heavy atom. The molecule has 0 bridgehead atoms. The van der Waals surface area contributed by atoms with Gasteiger partial charge in [-0.15, -0.1) is 0 Å². The SMILES string of the molecule is CCOC(=O)c1coc(NCCNC2CCCCCC2)n1. The Hall–Kier alpha value is -1.56. The van der Waals surface area contributed by atoms with Gasteiger partial charge in [-0.05, 0) is 19.8 Å². The number of oxazole rings is 1. The highest BCUT2D eigenvalue weighted by Crippen LogP contribution is 2.16. The second-order valence-electron chi connectivity index (χ2n) is 5.33. The molecule has 0 atom stereocenters. The van der Waals surface area contributed by atoms with Crippen LogP contribution in [0, 0.1) is 0 Å². The third kappa shape index (κ3) is 5.38. The molecule has 0 aliphatic heterocycles. The summed E-state index contributed by atoms with van der Waals surface area (Å²) in [6.07, 6.45) is 9.24. The van der Waals surface area contributed by atoms with E-state index >= 15 is 0 Å². The van der Waals surface area contributed by atoms with Crippen LogP contribution in [0.15, 0.2) is 10.7 Å². The number of ether oxygens (including phenoxy) is 1. The van der Waals surface area contributed by atoms with Crippen molar-refractivity contribution < 1.29 is 13.9 Å². The van der Waals surface area contributed by atoms with Gasteiger partial charge in [0.25, 0.3) is 6.01 Å². The van der Waals surface area contributed by atoms with E-state index in [-0.39, 0.29) is 5.69 Å². The van der Waals surface area contributed by atoms with E-state index in [1.165, 1.54) is 44.8 Å². The predicted molar refractivity (Wildman–Crippen MR) is 80.4 cm³/mol. The normalized spacial score (nSPS) is 16.4. The van der Waals surface area contributed by atoms with E-state index in [9.17, 15) is 4.79 Å². The molecule has 1 aliphatic carbocycles. The van der Waals surface area contributed by atoms with E-state index in [0.29, 0.717) is 18.7 Å². The number of anilines is 1. The number of nitrogens with one attached hydrogen (secondary N) is 2. The zero-order valence-electron chi connectivity index (χ0n) is 12.7. The molecule has 0 amide bonds. The number of esters is 1. The molecule has 0 aromatic carbocycles. The fourth-order valence-corrected chi connectivity index (χ4v) is 2.58. The molecular weight excluding hydrogens is 270 g/mol. The van der Waals surface area contributed by atoms with Crippen LogP contribution in [0.25, 0.3) is 0 Å². The summed E-state index contributed by atoms with van der Waals surface area (Å²) < 4.78 is 10.0. The number of hydrogen-bond donors (Lipinski definition) is 2. The summed E-state index contributed by atoms with van der Waals surface area (Å²) in [6.45, 7) is 3.68. The zero-order chi connectivity index (χ0) is 14.9. The Labute approximate surface area is 125 Å². The predicted octanol–water partition coefficient (Wildman–Crippen LogP) is 2.58. The van der Waals surface area contributed by atoms with Gasteiger partial charge >= 0.3 is 5.97 Å². The van der Waals surface area contributed by atoms with Crippen LogP contribution in [0.4, 0.5) is 6.01 Å². The molecule has 6 nitrogen and oxygen atoms in total. The van der Waals surface area contributed by atoms with Crippen LogP contribution in [0.2, 0.25) is 0 Å². The number of aromatic nitrogens is 1. The minimum absolute atomic E-state index is 0.205. The van der Waals surface area contributed by atoms with E-state index in [4.69, 9.17) is 9.15 Å². The zero-order valence-corrected chi connectivity index (χ0v) is 12.7. The standard InChI is InChI=1S/C15H25N3O3/c1-2-20-14(19)13-11-21-15(18-13)17-10-9-16-12-7-5-3-4-6-8-12/h11-12,16H,2-10H2,1H3,(H,17,18). The first kappa shape index (κ1) is 15.8. The molecule has 0 spiro atoms. The highest BCUT2D eigenvalue weighted by Gasteiger charge is 2.13. The summed E-state index contributed by atoms with van der Waals surface area (Å²) >= 11 is 0. The molecule has 118 valence electrons. The highest BCUT2D eigenvalue weighted by molar-refractivity contribution is 5.87. The molecule has 2 rings (SSSR count). The Morgan fingerprint density at radius 1 is 1.33 bits per heavy atom. The van der Waals surface area contributed by atoms with Crippen molar-refractivity contribution in [2.24, 2.45) is 0 Å². The Bertz CT molecular complexity index is 426. The third-order valence-electron chi connectivity index (χ3n) is 3.68. The largest absolute Gasteiger partial charge is 0.461 e. The quantitative estimate of drug-likeness (QED) is 0.457. The fourth-order valence-electron chi connectivity index (χ4n) is 2.58. The number of nitrogens with zero attached hydrogens (tertiary/aromatic N) is 1. The Kier molecular flexibility index (Phi) is 6.53. The van der Waals surface area contributed by atoms with Crippen LogP contribution in [0.5, 0.6) is 0 Å². The van der Waals surface area contributed by atoms with Gasteiger partial charge < -0.3 is 19.8 Å². The average Bonchev–Trinajstić information content (AvgIpc) is 2.80.